The van der Waals surface area contributed by atoms with Crippen LogP contribution in [0.3, 0.4) is 0 Å². The Bertz CT molecular complexity index is 633. The van der Waals surface area contributed by atoms with Crippen LogP contribution >= 0.6 is 0 Å². The van der Waals surface area contributed by atoms with Crippen molar-refractivity contribution in [3.63, 3.8) is 0 Å². The number of carbonyl (C=O) groups excluding carboxylic acids is 1. The lowest BCUT2D eigenvalue weighted by Gasteiger charge is -2.12. The molecule has 1 fully saturated rings. The zero-order valence-electron chi connectivity index (χ0n) is 10.4. The monoisotopic (exact) mass is 277 g/mol. The summed E-state index contributed by atoms with van der Waals surface area (Å²) in [6.45, 7) is 0.297. The van der Waals surface area contributed by atoms with Crippen molar-refractivity contribution in [2.24, 2.45) is 5.92 Å². The molecule has 8 heteroatoms. The highest BCUT2D eigenvalue weighted by molar-refractivity contribution is 5.85. The molecule has 0 saturated carbocycles. The number of carboxylic acids is 1. The number of carbonyl (C=O) groups is 2. The van der Waals surface area contributed by atoms with Gasteiger partial charge in [-0.1, -0.05) is 5.16 Å². The molecule has 0 aliphatic carbocycles. The van der Waals surface area contributed by atoms with Crippen LogP contribution in [-0.2, 0) is 16.1 Å². The molecule has 20 heavy (non-hydrogen) atoms. The summed E-state index contributed by atoms with van der Waals surface area (Å²) in [4.78, 5) is 28.1. The molecule has 1 N–H and O–H groups in total. The molecule has 0 radical (unpaired) electrons. The van der Waals surface area contributed by atoms with Gasteiger partial charge in [-0.2, -0.15) is 4.98 Å². The van der Waals surface area contributed by atoms with Crippen LogP contribution in [-0.4, -0.2) is 38.6 Å². The molecule has 3 rings (SSSR count). The van der Waals surface area contributed by atoms with Crippen molar-refractivity contribution in [3.05, 3.63) is 24.2 Å². The van der Waals surface area contributed by atoms with Gasteiger partial charge in [0.2, 0.25) is 5.91 Å². The van der Waals surface area contributed by atoms with Gasteiger partial charge in [-0.05, 0) is 12.1 Å². The van der Waals surface area contributed by atoms with E-state index in [1.54, 1.807) is 12.1 Å². The highest BCUT2D eigenvalue weighted by Crippen LogP contribution is 2.21. The SMILES string of the molecule is O=C(O)[C@@H]1CC(=O)N(Cc2noc(-c3ccco3)n2)C1. The van der Waals surface area contributed by atoms with Crippen LogP contribution in [0, 0.1) is 5.92 Å². The standard InChI is InChI=1S/C12H11N3O5/c16-10-4-7(12(17)18)5-15(10)6-9-13-11(20-14-9)8-2-1-3-19-8/h1-3,7H,4-6H2,(H,17,18)/t7-/m1/s1. The van der Waals surface area contributed by atoms with Gasteiger partial charge < -0.3 is 18.9 Å². The predicted molar refractivity (Wildman–Crippen MR) is 63.2 cm³/mol. The number of aromatic nitrogens is 2. The van der Waals surface area contributed by atoms with E-state index in [4.69, 9.17) is 14.0 Å². The number of aliphatic carboxylic acids is 1. The van der Waals surface area contributed by atoms with E-state index in [0.717, 1.165) is 0 Å². The number of amides is 1. The van der Waals surface area contributed by atoms with E-state index in [9.17, 15) is 9.59 Å². The van der Waals surface area contributed by atoms with Crippen LogP contribution in [0.2, 0.25) is 0 Å². The molecular weight excluding hydrogens is 266 g/mol. The van der Waals surface area contributed by atoms with Crippen molar-refractivity contribution in [1.29, 1.82) is 0 Å². The second-order valence-corrected chi connectivity index (χ2v) is 4.51. The van der Waals surface area contributed by atoms with Crippen molar-refractivity contribution < 1.29 is 23.6 Å². The molecule has 1 saturated heterocycles. The number of hydrogen-bond donors (Lipinski definition) is 1. The minimum Gasteiger partial charge on any atom is -0.481 e. The lowest BCUT2D eigenvalue weighted by Crippen LogP contribution is -2.26. The molecule has 1 aliphatic rings. The summed E-state index contributed by atoms with van der Waals surface area (Å²) >= 11 is 0. The van der Waals surface area contributed by atoms with Gasteiger partial charge in [-0.15, -0.1) is 0 Å². The molecule has 2 aromatic rings. The molecule has 104 valence electrons. The summed E-state index contributed by atoms with van der Waals surface area (Å²) in [5, 5.41) is 12.7. The van der Waals surface area contributed by atoms with Gasteiger partial charge in [0.1, 0.15) is 0 Å². The molecule has 8 nitrogen and oxygen atoms in total. The number of nitrogens with zero attached hydrogens (tertiary/aromatic N) is 3. The molecule has 0 spiro atoms. The van der Waals surface area contributed by atoms with Crippen LogP contribution in [0.4, 0.5) is 0 Å². The highest BCUT2D eigenvalue weighted by atomic mass is 16.5. The molecule has 0 unspecified atom stereocenters. The molecule has 1 amide bonds. The Morgan fingerprint density at radius 1 is 1.55 bits per heavy atom. The molecule has 0 aromatic carbocycles. The van der Waals surface area contributed by atoms with E-state index in [-0.39, 0.29) is 31.3 Å². The summed E-state index contributed by atoms with van der Waals surface area (Å²) < 4.78 is 10.1. The normalized spacial score (nSPS) is 18.7. The van der Waals surface area contributed by atoms with Crippen molar-refractivity contribution in [2.75, 3.05) is 6.54 Å². The van der Waals surface area contributed by atoms with Crippen molar-refractivity contribution in [2.45, 2.75) is 13.0 Å². The Labute approximate surface area is 113 Å². The second-order valence-electron chi connectivity index (χ2n) is 4.51. The summed E-state index contributed by atoms with van der Waals surface area (Å²) in [5.41, 5.74) is 0. The van der Waals surface area contributed by atoms with E-state index in [1.807, 2.05) is 0 Å². The van der Waals surface area contributed by atoms with E-state index in [1.165, 1.54) is 11.2 Å². The third-order valence-electron chi connectivity index (χ3n) is 3.10. The van der Waals surface area contributed by atoms with Crippen molar-refractivity contribution >= 4 is 11.9 Å². The quantitative estimate of drug-likeness (QED) is 0.878. The fraction of sp³-hybridized carbons (Fsp3) is 0.333. The van der Waals surface area contributed by atoms with Crippen molar-refractivity contribution in [1.82, 2.24) is 15.0 Å². The topological polar surface area (TPSA) is 110 Å². The Morgan fingerprint density at radius 3 is 3.05 bits per heavy atom. The summed E-state index contributed by atoms with van der Waals surface area (Å²) in [6.07, 6.45) is 1.50. The van der Waals surface area contributed by atoms with Crippen LogP contribution in [0.5, 0.6) is 0 Å². The third kappa shape index (κ3) is 2.27. The number of carboxylic acid groups (broad SMARTS) is 1. The zero-order chi connectivity index (χ0) is 14.1. The minimum absolute atomic E-state index is 0.0121. The van der Waals surface area contributed by atoms with Crippen LogP contribution in [0.15, 0.2) is 27.3 Å². The smallest absolute Gasteiger partial charge is 0.308 e. The van der Waals surface area contributed by atoms with Gasteiger partial charge in [0.15, 0.2) is 11.6 Å². The number of rotatable bonds is 4. The first-order valence-corrected chi connectivity index (χ1v) is 6.00. The van der Waals surface area contributed by atoms with Crippen LogP contribution < -0.4 is 0 Å². The Kier molecular flexibility index (Phi) is 2.97. The predicted octanol–water partition coefficient (Wildman–Crippen LogP) is 0.763. The van der Waals surface area contributed by atoms with E-state index in [2.05, 4.69) is 10.1 Å². The minimum atomic E-state index is -0.967. The fourth-order valence-corrected chi connectivity index (χ4v) is 2.08. The fourth-order valence-electron chi connectivity index (χ4n) is 2.08. The van der Waals surface area contributed by atoms with Gasteiger partial charge in [-0.3, -0.25) is 9.59 Å². The van der Waals surface area contributed by atoms with Gasteiger partial charge >= 0.3 is 5.97 Å². The summed E-state index contributed by atoms with van der Waals surface area (Å²) in [6, 6.07) is 3.37. The summed E-state index contributed by atoms with van der Waals surface area (Å²) in [7, 11) is 0. The van der Waals surface area contributed by atoms with E-state index in [0.29, 0.717) is 11.6 Å². The molecular formula is C12H11N3O5. The molecule has 0 bridgehead atoms. The van der Waals surface area contributed by atoms with Crippen LogP contribution in [0.25, 0.3) is 11.7 Å². The lowest BCUT2D eigenvalue weighted by atomic mass is 10.1. The largest absolute Gasteiger partial charge is 0.481 e. The van der Waals surface area contributed by atoms with E-state index >= 15 is 0 Å². The average molecular weight is 277 g/mol. The third-order valence-corrected chi connectivity index (χ3v) is 3.10. The molecule has 1 aliphatic heterocycles. The first kappa shape index (κ1) is 12.4. The first-order chi connectivity index (χ1) is 9.63. The second kappa shape index (κ2) is 4.80. The van der Waals surface area contributed by atoms with Crippen LogP contribution in [0.1, 0.15) is 12.2 Å². The zero-order valence-corrected chi connectivity index (χ0v) is 10.4. The van der Waals surface area contributed by atoms with Gasteiger partial charge in [0, 0.05) is 13.0 Å². The maximum absolute atomic E-state index is 11.7. The Hall–Kier alpha value is -2.64. The lowest BCUT2D eigenvalue weighted by molar-refractivity contribution is -0.141. The summed E-state index contributed by atoms with van der Waals surface area (Å²) in [5.74, 6) is -0.868. The number of likely N-dealkylation sites (tertiary alicyclic amines) is 1. The molecule has 2 aromatic heterocycles. The average Bonchev–Trinajstić information content (AvgIpc) is 3.11. The molecule has 1 atom stereocenters. The first-order valence-electron chi connectivity index (χ1n) is 6.00. The number of hydrogen-bond acceptors (Lipinski definition) is 6. The Morgan fingerprint density at radius 2 is 2.40 bits per heavy atom. The maximum atomic E-state index is 11.7. The van der Waals surface area contributed by atoms with Gasteiger partial charge in [-0.25, -0.2) is 0 Å². The Balaban J connectivity index is 1.70. The van der Waals surface area contributed by atoms with Crippen molar-refractivity contribution in [3.8, 4) is 11.7 Å². The van der Waals surface area contributed by atoms with E-state index < -0.39 is 11.9 Å². The van der Waals surface area contributed by atoms with Gasteiger partial charge in [0.05, 0.1) is 18.7 Å². The number of furan rings is 1. The maximum Gasteiger partial charge on any atom is 0.308 e. The van der Waals surface area contributed by atoms with Gasteiger partial charge in [0.25, 0.3) is 5.89 Å². The highest BCUT2D eigenvalue weighted by Gasteiger charge is 2.34. The molecule has 3 heterocycles.